The summed E-state index contributed by atoms with van der Waals surface area (Å²) < 4.78 is 6.67. The highest BCUT2D eigenvalue weighted by molar-refractivity contribution is 6.59. The fourth-order valence-electron chi connectivity index (χ4n) is 3.46. The number of rotatable bonds is 3. The molecule has 0 bridgehead atoms. The first-order chi connectivity index (χ1) is 12.2. The zero-order valence-electron chi connectivity index (χ0n) is 15.7. The average molecular weight is 358 g/mol. The first-order valence-electron chi connectivity index (χ1n) is 9.21. The first-order valence-corrected chi connectivity index (χ1v) is 9.21. The fraction of sp³-hybridized carbons (Fsp3) is 0.526. The van der Waals surface area contributed by atoms with Crippen molar-refractivity contribution in [3.05, 3.63) is 29.8 Å². The molecular weight excluding hydrogens is 331 g/mol. The number of carbonyl (C=O) groups is 1. The number of benzene rings is 1. The molecule has 140 valence electrons. The van der Waals surface area contributed by atoms with E-state index in [4.69, 9.17) is 4.74 Å². The number of piperidine rings is 1. The quantitative estimate of drug-likeness (QED) is 0.822. The van der Waals surface area contributed by atoms with Crippen LogP contribution < -0.4 is 5.59 Å². The lowest BCUT2D eigenvalue weighted by molar-refractivity contribution is 0.0547. The largest absolute Gasteiger partial charge is 0.506 e. The van der Waals surface area contributed by atoms with Crippen LogP contribution in [0.5, 0.6) is 0 Å². The van der Waals surface area contributed by atoms with Crippen molar-refractivity contribution >= 4 is 29.7 Å². The summed E-state index contributed by atoms with van der Waals surface area (Å²) in [7, 11) is -1.75. The van der Waals surface area contributed by atoms with Crippen LogP contribution in [0.3, 0.4) is 0 Å². The van der Waals surface area contributed by atoms with E-state index in [0.29, 0.717) is 5.52 Å². The molecule has 3 rings (SSSR count). The number of ether oxygens (including phenoxy) is 1. The van der Waals surface area contributed by atoms with Gasteiger partial charge in [-0.05, 0) is 70.5 Å². The summed E-state index contributed by atoms with van der Waals surface area (Å²) in [6.45, 7) is 8.42. The molecule has 0 saturated carbocycles. The van der Waals surface area contributed by atoms with Gasteiger partial charge < -0.3 is 14.8 Å². The van der Waals surface area contributed by atoms with Crippen LogP contribution in [-0.2, 0) is 11.3 Å². The summed E-state index contributed by atoms with van der Waals surface area (Å²) in [5.74, 6) is 0. The van der Waals surface area contributed by atoms with E-state index < -0.39 is 18.8 Å². The third kappa shape index (κ3) is 4.28. The Morgan fingerprint density at radius 2 is 1.85 bits per heavy atom. The van der Waals surface area contributed by atoms with Crippen LogP contribution in [0, 0.1) is 0 Å². The molecule has 1 aliphatic heterocycles. The minimum Gasteiger partial charge on any atom is -0.443 e. The maximum absolute atomic E-state index is 12.6. The lowest BCUT2D eigenvalue weighted by atomic mass is 9.86. The van der Waals surface area contributed by atoms with Gasteiger partial charge in [0.2, 0.25) is 0 Å². The summed E-state index contributed by atoms with van der Waals surface area (Å²) >= 11 is 0. The lowest BCUT2D eigenvalue weighted by Crippen LogP contribution is -2.40. The minimum atomic E-state index is -1.75. The van der Waals surface area contributed by atoms with Crippen LogP contribution in [0.2, 0.25) is 0 Å². The maximum atomic E-state index is 12.6. The van der Waals surface area contributed by atoms with Crippen LogP contribution >= 0.6 is 0 Å². The zero-order chi connectivity index (χ0) is 18.9. The number of nitrogens with zero attached hydrogens (tertiary/aromatic N) is 2. The third-order valence-corrected chi connectivity index (χ3v) is 4.59. The van der Waals surface area contributed by atoms with Crippen LogP contribution in [0.15, 0.2) is 24.3 Å². The van der Waals surface area contributed by atoms with E-state index in [9.17, 15) is 14.8 Å². The smallest absolute Gasteiger partial charge is 0.443 e. The molecule has 2 aromatic rings. The molecule has 1 aromatic heterocycles. The van der Waals surface area contributed by atoms with Crippen LogP contribution in [-0.4, -0.2) is 51.4 Å². The molecule has 1 aromatic carbocycles. The summed E-state index contributed by atoms with van der Waals surface area (Å²) in [5.41, 5.74) is 1.22. The summed E-state index contributed by atoms with van der Waals surface area (Å²) in [6.07, 6.45) is 3.15. The molecule has 2 heterocycles. The van der Waals surface area contributed by atoms with Gasteiger partial charge in [0.15, 0.2) is 0 Å². The van der Waals surface area contributed by atoms with Crippen molar-refractivity contribution in [2.24, 2.45) is 0 Å². The van der Waals surface area contributed by atoms with Gasteiger partial charge in [0.05, 0.1) is 11.1 Å². The topological polar surface area (TPSA) is 74.9 Å². The van der Waals surface area contributed by atoms with Gasteiger partial charge in [0, 0.05) is 11.9 Å². The molecule has 0 unspecified atom stereocenters. The Kier molecular flexibility index (Phi) is 5.41. The van der Waals surface area contributed by atoms with E-state index in [0.717, 1.165) is 30.6 Å². The van der Waals surface area contributed by atoms with Crippen molar-refractivity contribution in [3.63, 3.8) is 0 Å². The van der Waals surface area contributed by atoms with Crippen molar-refractivity contribution in [3.8, 4) is 0 Å². The number of carbonyl (C=O) groups excluding carboxylic acids is 1. The van der Waals surface area contributed by atoms with E-state index >= 15 is 0 Å². The van der Waals surface area contributed by atoms with Gasteiger partial charge in [0.25, 0.3) is 0 Å². The van der Waals surface area contributed by atoms with E-state index in [1.165, 1.54) is 23.8 Å². The summed E-state index contributed by atoms with van der Waals surface area (Å²) in [6, 6.07) is 7.50. The minimum absolute atomic E-state index is 0.115. The fourth-order valence-corrected chi connectivity index (χ4v) is 3.46. The third-order valence-electron chi connectivity index (χ3n) is 4.59. The Hall–Kier alpha value is -1.83. The standard InChI is InChI=1S/C19H27BN2O4/c1-19(2,3)26-18(23)22-16-8-7-14(13-21-9-5-4-6-10-21)11-15(16)12-17(22)20(24)25/h7-8,11-12,24-25H,4-6,9-10,13H2,1-3H3. The van der Waals surface area contributed by atoms with Crippen molar-refractivity contribution in [2.45, 2.75) is 52.2 Å². The molecular formula is C19H27BN2O4. The number of hydrogen-bond donors (Lipinski definition) is 2. The van der Waals surface area contributed by atoms with E-state index in [1.54, 1.807) is 26.8 Å². The molecule has 2 N–H and O–H groups in total. The second-order valence-electron chi connectivity index (χ2n) is 7.99. The van der Waals surface area contributed by atoms with E-state index in [1.807, 2.05) is 18.2 Å². The van der Waals surface area contributed by atoms with Gasteiger partial charge in [-0.25, -0.2) is 4.79 Å². The molecule has 0 amide bonds. The Balaban J connectivity index is 1.93. The normalized spacial score (nSPS) is 16.0. The number of aromatic nitrogens is 1. The Bertz CT molecular complexity index is 789. The first kappa shape index (κ1) is 19.0. The molecule has 0 radical (unpaired) electrons. The maximum Gasteiger partial charge on any atom is 0.506 e. The second-order valence-corrected chi connectivity index (χ2v) is 7.99. The van der Waals surface area contributed by atoms with Gasteiger partial charge in [-0.3, -0.25) is 9.47 Å². The van der Waals surface area contributed by atoms with Gasteiger partial charge in [-0.2, -0.15) is 0 Å². The van der Waals surface area contributed by atoms with Gasteiger partial charge in [-0.15, -0.1) is 0 Å². The van der Waals surface area contributed by atoms with Crippen molar-refractivity contribution in [1.82, 2.24) is 9.47 Å². The highest BCUT2D eigenvalue weighted by Crippen LogP contribution is 2.21. The summed E-state index contributed by atoms with van der Waals surface area (Å²) in [5, 5.41) is 20.2. The predicted molar refractivity (Wildman–Crippen MR) is 103 cm³/mol. The highest BCUT2D eigenvalue weighted by atomic mass is 16.6. The highest BCUT2D eigenvalue weighted by Gasteiger charge is 2.27. The molecule has 1 aliphatic rings. The predicted octanol–water partition coefficient (Wildman–Crippen LogP) is 2.09. The average Bonchev–Trinajstić information content (AvgIpc) is 2.93. The zero-order valence-corrected chi connectivity index (χ0v) is 15.7. The molecule has 6 nitrogen and oxygen atoms in total. The number of likely N-dealkylation sites (tertiary alicyclic amines) is 1. The Labute approximate surface area is 154 Å². The Morgan fingerprint density at radius 1 is 1.15 bits per heavy atom. The van der Waals surface area contributed by atoms with Gasteiger partial charge in [-0.1, -0.05) is 12.5 Å². The summed E-state index contributed by atoms with van der Waals surface area (Å²) in [4.78, 5) is 15.0. The van der Waals surface area contributed by atoms with Crippen LogP contribution in [0.25, 0.3) is 10.9 Å². The molecule has 1 fully saturated rings. The Morgan fingerprint density at radius 3 is 2.46 bits per heavy atom. The molecule has 0 aliphatic carbocycles. The van der Waals surface area contributed by atoms with E-state index in [2.05, 4.69) is 4.90 Å². The molecule has 7 heteroatoms. The molecule has 1 saturated heterocycles. The van der Waals surface area contributed by atoms with Crippen LogP contribution in [0.4, 0.5) is 4.79 Å². The lowest BCUT2D eigenvalue weighted by Gasteiger charge is -2.26. The molecule has 26 heavy (non-hydrogen) atoms. The van der Waals surface area contributed by atoms with Crippen LogP contribution in [0.1, 0.15) is 45.6 Å². The van der Waals surface area contributed by atoms with Gasteiger partial charge in [0.1, 0.15) is 5.60 Å². The second kappa shape index (κ2) is 7.43. The SMILES string of the molecule is CC(C)(C)OC(=O)n1c(B(O)O)cc2cc(CN3CCCCC3)ccc21. The monoisotopic (exact) mass is 358 g/mol. The van der Waals surface area contributed by atoms with Gasteiger partial charge >= 0.3 is 13.2 Å². The number of fused-ring (bicyclic) bond motifs is 1. The van der Waals surface area contributed by atoms with Crippen molar-refractivity contribution in [1.29, 1.82) is 0 Å². The molecule has 0 spiro atoms. The number of hydrogen-bond acceptors (Lipinski definition) is 5. The van der Waals surface area contributed by atoms with Crippen molar-refractivity contribution < 1.29 is 19.6 Å². The molecule has 0 atom stereocenters. The van der Waals surface area contributed by atoms with E-state index in [-0.39, 0.29) is 5.59 Å². The van der Waals surface area contributed by atoms with Crippen molar-refractivity contribution in [2.75, 3.05) is 13.1 Å².